The Morgan fingerprint density at radius 2 is 1.76 bits per heavy atom. The second-order valence-corrected chi connectivity index (χ2v) is 9.66. The molecule has 0 radical (unpaired) electrons. The van der Waals surface area contributed by atoms with Crippen LogP contribution in [0.3, 0.4) is 0 Å². The van der Waals surface area contributed by atoms with Crippen molar-refractivity contribution in [2.75, 3.05) is 17.6 Å². The number of anilines is 2. The molecule has 5 heterocycles. The lowest BCUT2D eigenvalue weighted by molar-refractivity contribution is 0.569. The summed E-state index contributed by atoms with van der Waals surface area (Å²) >= 11 is 0. The minimum Gasteiger partial charge on any atom is -0.443 e. The van der Waals surface area contributed by atoms with E-state index >= 15 is 0 Å². The molecule has 0 unspecified atom stereocenters. The summed E-state index contributed by atoms with van der Waals surface area (Å²) in [6, 6.07) is 9.06. The van der Waals surface area contributed by atoms with E-state index in [2.05, 4.69) is 30.2 Å². The average Bonchev–Trinajstić information content (AvgIpc) is 3.65. The number of fused-ring (bicyclic) bond motifs is 2. The van der Waals surface area contributed by atoms with Gasteiger partial charge in [-0.2, -0.15) is 0 Å². The van der Waals surface area contributed by atoms with Crippen LogP contribution in [0.1, 0.15) is 18.9 Å². The van der Waals surface area contributed by atoms with Crippen molar-refractivity contribution in [2.45, 2.75) is 25.4 Å². The highest BCUT2D eigenvalue weighted by Gasteiger charge is 2.30. The van der Waals surface area contributed by atoms with Crippen molar-refractivity contribution in [2.24, 2.45) is 0 Å². The summed E-state index contributed by atoms with van der Waals surface area (Å²) in [4.78, 5) is 48.9. The molecule has 5 aromatic heterocycles. The molecule has 7 rings (SSSR count). The van der Waals surface area contributed by atoms with E-state index in [1.165, 1.54) is 41.4 Å². The van der Waals surface area contributed by atoms with Crippen LogP contribution in [-0.2, 0) is 6.54 Å². The number of nitrogens with two attached hydrogens (primary N) is 1. The third-order valence-corrected chi connectivity index (χ3v) is 6.94. The Labute approximate surface area is 230 Å². The fourth-order valence-corrected chi connectivity index (χ4v) is 4.88. The number of hydrogen-bond donors (Lipinski definition) is 2. The Balaban J connectivity index is 1.29. The van der Waals surface area contributed by atoms with Crippen molar-refractivity contribution in [3.8, 4) is 22.8 Å². The van der Waals surface area contributed by atoms with Crippen LogP contribution < -0.4 is 22.2 Å². The summed E-state index contributed by atoms with van der Waals surface area (Å²) in [5.74, 6) is -0.355. The van der Waals surface area contributed by atoms with Crippen molar-refractivity contribution in [3.63, 3.8) is 0 Å². The van der Waals surface area contributed by atoms with Gasteiger partial charge < -0.3 is 15.5 Å². The number of benzene rings is 1. The van der Waals surface area contributed by atoms with Gasteiger partial charge in [0.25, 0.3) is 17.0 Å². The number of halogens is 1. The highest BCUT2D eigenvalue weighted by atomic mass is 19.1. The molecule has 1 aromatic carbocycles. The number of nitrogens with zero attached hydrogens (tertiary/aromatic N) is 7. The zero-order valence-corrected chi connectivity index (χ0v) is 21.5. The van der Waals surface area contributed by atoms with E-state index in [1.807, 2.05) is 0 Å². The maximum absolute atomic E-state index is 14.0. The second kappa shape index (κ2) is 9.62. The highest BCUT2D eigenvalue weighted by molar-refractivity contribution is 5.87. The van der Waals surface area contributed by atoms with Gasteiger partial charge in [0.15, 0.2) is 17.0 Å². The summed E-state index contributed by atoms with van der Waals surface area (Å²) in [7, 11) is 0. The maximum atomic E-state index is 14.0. The van der Waals surface area contributed by atoms with Crippen LogP contribution in [0, 0.1) is 5.82 Å². The van der Waals surface area contributed by atoms with E-state index in [0.717, 1.165) is 12.8 Å². The highest BCUT2D eigenvalue weighted by Crippen LogP contribution is 2.36. The molecule has 12 nitrogen and oxygen atoms in total. The molecule has 204 valence electrons. The van der Waals surface area contributed by atoms with Crippen molar-refractivity contribution >= 4 is 33.7 Å². The fraction of sp³-hybridized carbons (Fsp3) is 0.179. The standard InChI is InChI=1S/C28H22FN9O3/c29-16-3-1-2-15(14-16)20-27(39)37(24-21(35-20)18(30)6-8-32-24)12-10-31-19-7-9-33-25-22(19)36-23(26-34-11-13-41-26)28(40)38(25)17-4-5-17/h1-3,6-9,11,13-14,17H,4-5,10,12H2,(H2,30,32)(H,31,33). The van der Waals surface area contributed by atoms with E-state index < -0.39 is 11.4 Å². The van der Waals surface area contributed by atoms with Crippen LogP contribution in [0.2, 0.25) is 0 Å². The number of rotatable bonds is 7. The lowest BCUT2D eigenvalue weighted by Gasteiger charge is -2.15. The van der Waals surface area contributed by atoms with E-state index in [1.54, 1.807) is 29.0 Å². The summed E-state index contributed by atoms with van der Waals surface area (Å²) in [5.41, 5.74) is 8.47. The first-order valence-corrected chi connectivity index (χ1v) is 13.0. The van der Waals surface area contributed by atoms with Gasteiger partial charge in [-0.05, 0) is 37.1 Å². The number of hydrogen-bond acceptors (Lipinski definition) is 10. The molecular weight excluding hydrogens is 529 g/mol. The van der Waals surface area contributed by atoms with Gasteiger partial charge in [0.05, 0.1) is 17.6 Å². The van der Waals surface area contributed by atoms with E-state index in [-0.39, 0.29) is 42.0 Å². The lowest BCUT2D eigenvalue weighted by Crippen LogP contribution is -2.28. The Morgan fingerprint density at radius 3 is 2.54 bits per heavy atom. The third kappa shape index (κ3) is 4.27. The minimum atomic E-state index is -0.484. The Morgan fingerprint density at radius 1 is 0.951 bits per heavy atom. The van der Waals surface area contributed by atoms with Crippen molar-refractivity contribution in [3.05, 3.63) is 87.8 Å². The van der Waals surface area contributed by atoms with Crippen LogP contribution >= 0.6 is 0 Å². The normalized spacial score (nSPS) is 13.2. The van der Waals surface area contributed by atoms with Gasteiger partial charge in [-0.15, -0.1) is 0 Å². The predicted molar refractivity (Wildman–Crippen MR) is 150 cm³/mol. The molecular formula is C28H22FN9O3. The van der Waals surface area contributed by atoms with E-state index in [0.29, 0.717) is 39.3 Å². The number of nitrogens with one attached hydrogen (secondary N) is 1. The molecule has 1 aliphatic rings. The molecule has 1 saturated carbocycles. The van der Waals surface area contributed by atoms with Crippen LogP contribution in [0.4, 0.5) is 15.8 Å². The summed E-state index contributed by atoms with van der Waals surface area (Å²) in [6.45, 7) is 0.449. The Bertz CT molecular complexity index is 2070. The molecule has 1 fully saturated rings. The van der Waals surface area contributed by atoms with Crippen LogP contribution in [0.25, 0.3) is 45.2 Å². The summed E-state index contributed by atoms with van der Waals surface area (Å²) < 4.78 is 22.5. The summed E-state index contributed by atoms with van der Waals surface area (Å²) in [6.07, 6.45) is 7.69. The first-order chi connectivity index (χ1) is 20.0. The summed E-state index contributed by atoms with van der Waals surface area (Å²) in [5, 5.41) is 3.32. The largest absolute Gasteiger partial charge is 0.443 e. The van der Waals surface area contributed by atoms with Gasteiger partial charge >= 0.3 is 0 Å². The molecule has 0 aliphatic heterocycles. The zero-order chi connectivity index (χ0) is 28.1. The molecule has 1 aliphatic carbocycles. The fourth-order valence-electron chi connectivity index (χ4n) is 4.88. The van der Waals surface area contributed by atoms with Gasteiger partial charge in [-0.1, -0.05) is 12.1 Å². The number of oxazole rings is 1. The maximum Gasteiger partial charge on any atom is 0.284 e. The van der Waals surface area contributed by atoms with Crippen molar-refractivity contribution < 1.29 is 8.81 Å². The third-order valence-electron chi connectivity index (χ3n) is 6.94. The van der Waals surface area contributed by atoms with Gasteiger partial charge in [0.1, 0.15) is 28.8 Å². The van der Waals surface area contributed by atoms with Gasteiger partial charge in [-0.25, -0.2) is 29.3 Å². The van der Waals surface area contributed by atoms with Crippen LogP contribution in [-0.4, -0.2) is 40.6 Å². The predicted octanol–water partition coefficient (Wildman–Crippen LogP) is 3.39. The second-order valence-electron chi connectivity index (χ2n) is 9.66. The van der Waals surface area contributed by atoms with Crippen molar-refractivity contribution in [1.29, 1.82) is 0 Å². The SMILES string of the molecule is Nc1ccnc2c1nc(-c1cccc(F)c1)c(=O)n2CCNc1ccnc2c1nc(-c1ncco1)c(=O)n2C1CC1. The van der Waals surface area contributed by atoms with E-state index in [4.69, 9.17) is 10.2 Å². The topological polar surface area (TPSA) is 160 Å². The molecule has 41 heavy (non-hydrogen) atoms. The number of pyridine rings is 2. The number of aromatic nitrogens is 7. The molecule has 6 aromatic rings. The first-order valence-electron chi connectivity index (χ1n) is 13.0. The molecule has 0 saturated heterocycles. The molecule has 0 amide bonds. The Kier molecular flexibility index (Phi) is 5.77. The minimum absolute atomic E-state index is 0.0315. The quantitative estimate of drug-likeness (QED) is 0.301. The van der Waals surface area contributed by atoms with Gasteiger partial charge in [-0.3, -0.25) is 18.7 Å². The van der Waals surface area contributed by atoms with Gasteiger partial charge in [0, 0.05) is 37.1 Å². The lowest BCUT2D eigenvalue weighted by atomic mass is 10.1. The zero-order valence-electron chi connectivity index (χ0n) is 21.5. The molecule has 0 atom stereocenters. The first kappa shape index (κ1) is 24.6. The monoisotopic (exact) mass is 551 g/mol. The van der Waals surface area contributed by atoms with Crippen LogP contribution in [0.15, 0.2) is 75.3 Å². The van der Waals surface area contributed by atoms with Crippen LogP contribution in [0.5, 0.6) is 0 Å². The Hall–Kier alpha value is -5.46. The van der Waals surface area contributed by atoms with Gasteiger partial charge in [0.2, 0.25) is 0 Å². The average molecular weight is 552 g/mol. The molecule has 13 heteroatoms. The molecule has 3 N–H and O–H groups in total. The van der Waals surface area contributed by atoms with E-state index in [9.17, 15) is 14.0 Å². The molecule has 0 bridgehead atoms. The smallest absolute Gasteiger partial charge is 0.284 e. The van der Waals surface area contributed by atoms with Crippen molar-refractivity contribution in [1.82, 2.24) is 34.1 Å². The molecule has 0 spiro atoms. The number of nitrogen functional groups attached to an aromatic ring is 1.